The van der Waals surface area contributed by atoms with E-state index in [4.69, 9.17) is 5.73 Å². The lowest BCUT2D eigenvalue weighted by Crippen LogP contribution is -2.38. The Labute approximate surface area is 151 Å². The Bertz CT molecular complexity index is 675. The summed E-state index contributed by atoms with van der Waals surface area (Å²) >= 11 is 3.45. The zero-order valence-corrected chi connectivity index (χ0v) is 15.1. The molecular formula is C19H22BrN3O. The van der Waals surface area contributed by atoms with Gasteiger partial charge in [0.2, 0.25) is 5.91 Å². The molecule has 1 amide bonds. The van der Waals surface area contributed by atoms with Crippen LogP contribution in [-0.4, -0.2) is 25.0 Å². The summed E-state index contributed by atoms with van der Waals surface area (Å²) in [6.45, 7) is 1.80. The largest absolute Gasteiger partial charge is 0.369 e. The van der Waals surface area contributed by atoms with E-state index in [2.05, 4.69) is 38.3 Å². The molecule has 0 saturated carbocycles. The molecule has 3 rings (SSSR count). The fourth-order valence-corrected chi connectivity index (χ4v) is 3.33. The molecule has 2 atom stereocenters. The normalized spacial score (nSPS) is 18.4. The second-order valence-corrected chi connectivity index (χ2v) is 7.11. The van der Waals surface area contributed by atoms with Crippen LogP contribution < -0.4 is 16.0 Å². The van der Waals surface area contributed by atoms with E-state index in [0.29, 0.717) is 6.42 Å². The first-order chi connectivity index (χ1) is 11.6. The number of amides is 1. The summed E-state index contributed by atoms with van der Waals surface area (Å²) in [6, 6.07) is 18.0. The fraction of sp³-hybridized carbons (Fsp3) is 0.316. The molecule has 0 aliphatic carbocycles. The average molecular weight is 388 g/mol. The van der Waals surface area contributed by atoms with E-state index < -0.39 is 0 Å². The molecule has 1 heterocycles. The number of nitrogens with zero attached hydrogens (tertiary/aromatic N) is 1. The first kappa shape index (κ1) is 17.0. The Morgan fingerprint density at radius 3 is 2.62 bits per heavy atom. The van der Waals surface area contributed by atoms with Gasteiger partial charge in [0.1, 0.15) is 0 Å². The molecule has 2 aromatic rings. The third-order valence-electron chi connectivity index (χ3n) is 4.38. The van der Waals surface area contributed by atoms with Gasteiger partial charge >= 0.3 is 0 Å². The highest BCUT2D eigenvalue weighted by Gasteiger charge is 2.24. The molecule has 0 radical (unpaired) electrons. The van der Waals surface area contributed by atoms with Crippen molar-refractivity contribution in [3.05, 3.63) is 64.6 Å². The number of anilines is 1. The van der Waals surface area contributed by atoms with E-state index >= 15 is 0 Å². The van der Waals surface area contributed by atoms with Crippen LogP contribution in [0, 0.1) is 0 Å². The molecule has 24 heavy (non-hydrogen) atoms. The SMILES string of the molecule is NC(CC(=O)NC1CCN(c2ccc(Br)cc2)C1)c1ccccc1. The summed E-state index contributed by atoms with van der Waals surface area (Å²) in [5, 5.41) is 3.12. The van der Waals surface area contributed by atoms with Crippen LogP contribution in [0.1, 0.15) is 24.4 Å². The van der Waals surface area contributed by atoms with Crippen molar-refractivity contribution in [2.75, 3.05) is 18.0 Å². The number of nitrogens with one attached hydrogen (secondary N) is 1. The van der Waals surface area contributed by atoms with Gasteiger partial charge in [-0.15, -0.1) is 0 Å². The van der Waals surface area contributed by atoms with Gasteiger partial charge in [-0.1, -0.05) is 46.3 Å². The second-order valence-electron chi connectivity index (χ2n) is 6.20. The Hall–Kier alpha value is -1.85. The lowest BCUT2D eigenvalue weighted by molar-refractivity contribution is -0.122. The molecule has 2 aromatic carbocycles. The number of carbonyl (C=O) groups is 1. The lowest BCUT2D eigenvalue weighted by Gasteiger charge is -2.19. The quantitative estimate of drug-likeness (QED) is 0.827. The molecule has 4 nitrogen and oxygen atoms in total. The zero-order chi connectivity index (χ0) is 16.9. The van der Waals surface area contributed by atoms with Crippen LogP contribution in [0.15, 0.2) is 59.1 Å². The highest BCUT2D eigenvalue weighted by atomic mass is 79.9. The Morgan fingerprint density at radius 2 is 1.92 bits per heavy atom. The van der Waals surface area contributed by atoms with Crippen LogP contribution in [0.2, 0.25) is 0 Å². The molecule has 3 N–H and O–H groups in total. The molecule has 0 spiro atoms. The van der Waals surface area contributed by atoms with Gasteiger partial charge in [0.25, 0.3) is 0 Å². The minimum atomic E-state index is -0.254. The standard InChI is InChI=1S/C19H22BrN3O/c20-15-6-8-17(9-7-15)23-11-10-16(13-23)22-19(24)12-18(21)14-4-2-1-3-5-14/h1-9,16,18H,10-13,21H2,(H,22,24). The van der Waals surface area contributed by atoms with Crippen LogP contribution in [0.5, 0.6) is 0 Å². The summed E-state index contributed by atoms with van der Waals surface area (Å²) in [5.74, 6) is 0.0222. The van der Waals surface area contributed by atoms with Crippen molar-refractivity contribution < 1.29 is 4.79 Å². The second kappa shape index (κ2) is 7.81. The zero-order valence-electron chi connectivity index (χ0n) is 13.5. The predicted molar refractivity (Wildman–Crippen MR) is 101 cm³/mol. The van der Waals surface area contributed by atoms with Crippen LogP contribution in [0.4, 0.5) is 5.69 Å². The topological polar surface area (TPSA) is 58.4 Å². The van der Waals surface area contributed by atoms with Crippen LogP contribution in [-0.2, 0) is 4.79 Å². The first-order valence-electron chi connectivity index (χ1n) is 8.22. The first-order valence-corrected chi connectivity index (χ1v) is 9.01. The van der Waals surface area contributed by atoms with Crippen LogP contribution in [0.3, 0.4) is 0 Å². The number of halogens is 1. The Kier molecular flexibility index (Phi) is 5.53. The summed E-state index contributed by atoms with van der Waals surface area (Å²) < 4.78 is 1.07. The number of rotatable bonds is 5. The monoisotopic (exact) mass is 387 g/mol. The van der Waals surface area contributed by atoms with Gasteiger partial charge in [0.05, 0.1) is 0 Å². The lowest BCUT2D eigenvalue weighted by atomic mass is 10.0. The molecule has 2 unspecified atom stereocenters. The minimum absolute atomic E-state index is 0.0222. The summed E-state index contributed by atoms with van der Waals surface area (Å²) in [5.41, 5.74) is 8.31. The smallest absolute Gasteiger partial charge is 0.222 e. The van der Waals surface area contributed by atoms with Gasteiger partial charge in [-0.05, 0) is 36.2 Å². The molecule has 0 bridgehead atoms. The maximum Gasteiger partial charge on any atom is 0.222 e. The van der Waals surface area contributed by atoms with E-state index in [-0.39, 0.29) is 18.0 Å². The molecule has 0 aromatic heterocycles. The third kappa shape index (κ3) is 4.36. The highest BCUT2D eigenvalue weighted by Crippen LogP contribution is 2.23. The number of nitrogens with two attached hydrogens (primary N) is 1. The van der Waals surface area contributed by atoms with Gasteiger partial charge in [-0.25, -0.2) is 0 Å². The minimum Gasteiger partial charge on any atom is -0.369 e. The third-order valence-corrected chi connectivity index (χ3v) is 4.91. The number of benzene rings is 2. The Morgan fingerprint density at radius 1 is 1.21 bits per heavy atom. The van der Waals surface area contributed by atoms with Crippen molar-refractivity contribution in [2.45, 2.75) is 24.9 Å². The van der Waals surface area contributed by atoms with E-state index in [1.54, 1.807) is 0 Å². The van der Waals surface area contributed by atoms with Crippen LogP contribution in [0.25, 0.3) is 0 Å². The van der Waals surface area contributed by atoms with Crippen molar-refractivity contribution >= 4 is 27.5 Å². The summed E-state index contributed by atoms with van der Waals surface area (Å²) in [7, 11) is 0. The van der Waals surface area contributed by atoms with E-state index in [0.717, 1.165) is 29.5 Å². The van der Waals surface area contributed by atoms with Crippen molar-refractivity contribution in [2.24, 2.45) is 5.73 Å². The van der Waals surface area contributed by atoms with Crippen molar-refractivity contribution in [1.29, 1.82) is 0 Å². The number of hydrogen-bond acceptors (Lipinski definition) is 3. The molecule has 1 aliphatic heterocycles. The van der Waals surface area contributed by atoms with E-state index in [1.165, 1.54) is 5.69 Å². The molecule has 1 aliphatic rings. The number of hydrogen-bond donors (Lipinski definition) is 2. The van der Waals surface area contributed by atoms with Gasteiger partial charge < -0.3 is 16.0 Å². The molecular weight excluding hydrogens is 366 g/mol. The maximum absolute atomic E-state index is 12.3. The summed E-state index contributed by atoms with van der Waals surface area (Å²) in [4.78, 5) is 14.6. The summed E-state index contributed by atoms with van der Waals surface area (Å²) in [6.07, 6.45) is 1.28. The highest BCUT2D eigenvalue weighted by molar-refractivity contribution is 9.10. The Balaban J connectivity index is 1.50. The van der Waals surface area contributed by atoms with Crippen molar-refractivity contribution in [3.8, 4) is 0 Å². The van der Waals surface area contributed by atoms with Crippen molar-refractivity contribution in [3.63, 3.8) is 0 Å². The van der Waals surface area contributed by atoms with Gasteiger partial charge in [-0.2, -0.15) is 0 Å². The van der Waals surface area contributed by atoms with E-state index in [9.17, 15) is 4.79 Å². The van der Waals surface area contributed by atoms with Gasteiger partial charge in [0.15, 0.2) is 0 Å². The maximum atomic E-state index is 12.3. The average Bonchev–Trinajstić information content (AvgIpc) is 3.04. The van der Waals surface area contributed by atoms with Gasteiger partial charge in [-0.3, -0.25) is 4.79 Å². The molecule has 126 valence electrons. The van der Waals surface area contributed by atoms with E-state index in [1.807, 2.05) is 42.5 Å². The van der Waals surface area contributed by atoms with Crippen LogP contribution >= 0.6 is 15.9 Å². The molecule has 5 heteroatoms. The molecule has 1 saturated heterocycles. The number of carbonyl (C=O) groups excluding carboxylic acids is 1. The molecule has 1 fully saturated rings. The fourth-order valence-electron chi connectivity index (χ4n) is 3.07. The van der Waals surface area contributed by atoms with Gasteiger partial charge in [0, 0.05) is 41.8 Å². The predicted octanol–water partition coefficient (Wildman–Crippen LogP) is 3.23. The van der Waals surface area contributed by atoms with Crippen molar-refractivity contribution in [1.82, 2.24) is 5.32 Å².